The first-order valence-electron chi connectivity index (χ1n) is 13.7. The van der Waals surface area contributed by atoms with Gasteiger partial charge in [0.25, 0.3) is 5.91 Å². The van der Waals surface area contributed by atoms with Crippen LogP contribution in [0.15, 0.2) is 87.4 Å². The number of aldehydes is 1. The van der Waals surface area contributed by atoms with Gasteiger partial charge in [0.1, 0.15) is 17.9 Å². The van der Waals surface area contributed by atoms with Crippen molar-refractivity contribution >= 4 is 47.2 Å². The molecule has 44 heavy (non-hydrogen) atoms. The maximum absolute atomic E-state index is 14.9. The van der Waals surface area contributed by atoms with Gasteiger partial charge in [-0.2, -0.15) is 0 Å². The van der Waals surface area contributed by atoms with E-state index in [1.807, 2.05) is 0 Å². The van der Waals surface area contributed by atoms with Crippen LogP contribution in [0.3, 0.4) is 0 Å². The van der Waals surface area contributed by atoms with Gasteiger partial charge >= 0.3 is 0 Å². The third-order valence-corrected chi connectivity index (χ3v) is 6.61. The number of carbonyl (C=O) groups is 2. The summed E-state index contributed by atoms with van der Waals surface area (Å²) in [7, 11) is 0. The Labute approximate surface area is 258 Å². The predicted molar refractivity (Wildman–Crippen MR) is 166 cm³/mol. The molecule has 0 aromatic heterocycles. The van der Waals surface area contributed by atoms with Gasteiger partial charge in [0.05, 0.1) is 62.0 Å². The lowest BCUT2D eigenvalue weighted by molar-refractivity contribution is -0.108. The molecule has 0 aliphatic carbocycles. The normalized spacial score (nSPS) is 14.8. The van der Waals surface area contributed by atoms with Crippen molar-refractivity contribution in [1.82, 2.24) is 5.32 Å². The average molecular weight is 622 g/mol. The number of amides is 1. The standard InChI is InChI=1S/C32H30ClF2N5O4/c33-23-7-10-25-26(17-23)31(29-27(34)3-1-4-28(29)35)39-19-22(18-37-20-36)30(25)40-24-8-5-21(6-9-24)32(42)38-11-14-44-16-15-43-13-2-12-41/h1,3-10,12,17-18,20H,2,11,13-16,19H2,(H2,36,37)(H,38,42)/b22-18-,40-30+. The predicted octanol–water partition coefficient (Wildman–Crippen LogP) is 4.81. The zero-order valence-corrected chi connectivity index (χ0v) is 24.4. The molecular weight excluding hydrogens is 592 g/mol. The first kappa shape index (κ1) is 32.3. The molecule has 9 nitrogen and oxygen atoms in total. The summed E-state index contributed by atoms with van der Waals surface area (Å²) in [6.45, 7) is 1.68. The number of rotatable bonds is 13. The zero-order valence-electron chi connectivity index (χ0n) is 23.6. The highest BCUT2D eigenvalue weighted by molar-refractivity contribution is 6.32. The average Bonchev–Trinajstić information content (AvgIpc) is 3.16. The Bertz CT molecular complexity index is 1590. The number of nitrogens with zero attached hydrogens (tertiary/aromatic N) is 3. The molecule has 0 atom stereocenters. The largest absolute Gasteiger partial charge is 0.390 e. The lowest BCUT2D eigenvalue weighted by atomic mass is 9.93. The monoisotopic (exact) mass is 621 g/mol. The van der Waals surface area contributed by atoms with Crippen LogP contribution in [0.1, 0.15) is 33.5 Å². The van der Waals surface area contributed by atoms with Gasteiger partial charge in [-0.1, -0.05) is 23.7 Å². The molecule has 1 amide bonds. The van der Waals surface area contributed by atoms with Crippen molar-refractivity contribution in [1.29, 1.82) is 0 Å². The minimum atomic E-state index is -0.763. The van der Waals surface area contributed by atoms with Crippen LogP contribution in [0, 0.1) is 11.6 Å². The summed E-state index contributed by atoms with van der Waals surface area (Å²) in [4.78, 5) is 36.3. The number of nitrogens with one attached hydrogen (secondary N) is 1. The number of hydrogen-bond acceptors (Lipinski definition) is 7. The summed E-state index contributed by atoms with van der Waals surface area (Å²) in [5.74, 6) is -1.81. The van der Waals surface area contributed by atoms with E-state index in [1.54, 1.807) is 42.5 Å². The second kappa shape index (κ2) is 16.3. The molecule has 3 N–H and O–H groups in total. The summed E-state index contributed by atoms with van der Waals surface area (Å²) in [6, 6.07) is 15.2. The van der Waals surface area contributed by atoms with Crippen LogP contribution in [0.2, 0.25) is 5.02 Å². The zero-order chi connectivity index (χ0) is 31.3. The Balaban J connectivity index is 1.56. The number of aliphatic imine (C=N–C) groups is 3. The summed E-state index contributed by atoms with van der Waals surface area (Å²) < 4.78 is 40.4. The number of nitrogens with two attached hydrogens (primary N) is 1. The third kappa shape index (κ3) is 8.50. The van der Waals surface area contributed by atoms with Crippen LogP contribution >= 0.6 is 11.6 Å². The van der Waals surface area contributed by atoms with Gasteiger partial charge in [0.15, 0.2) is 0 Å². The lowest BCUT2D eigenvalue weighted by Crippen LogP contribution is -2.27. The molecule has 3 aromatic carbocycles. The van der Waals surface area contributed by atoms with Gasteiger partial charge in [0, 0.05) is 46.5 Å². The van der Waals surface area contributed by atoms with Crippen molar-refractivity contribution < 1.29 is 27.8 Å². The molecular formula is C32H30ClF2N5O4. The van der Waals surface area contributed by atoms with E-state index in [1.165, 1.54) is 24.4 Å². The minimum absolute atomic E-state index is 0.000983. The van der Waals surface area contributed by atoms with Crippen LogP contribution in [0.4, 0.5) is 14.5 Å². The first-order valence-corrected chi connectivity index (χ1v) is 14.1. The minimum Gasteiger partial charge on any atom is -0.390 e. The smallest absolute Gasteiger partial charge is 0.251 e. The van der Waals surface area contributed by atoms with E-state index in [2.05, 4.69) is 15.3 Å². The van der Waals surface area contributed by atoms with Crippen LogP contribution in [-0.2, 0) is 14.3 Å². The molecule has 228 valence electrons. The maximum Gasteiger partial charge on any atom is 0.251 e. The summed E-state index contributed by atoms with van der Waals surface area (Å²) >= 11 is 6.32. The van der Waals surface area contributed by atoms with Crippen LogP contribution in [0.25, 0.3) is 0 Å². The van der Waals surface area contributed by atoms with E-state index < -0.39 is 11.6 Å². The quantitative estimate of drug-likeness (QED) is 0.123. The number of carbonyl (C=O) groups excluding carboxylic acids is 2. The highest BCUT2D eigenvalue weighted by Gasteiger charge is 2.26. The van der Waals surface area contributed by atoms with Crippen LogP contribution in [0.5, 0.6) is 0 Å². The van der Waals surface area contributed by atoms with E-state index in [0.29, 0.717) is 78.1 Å². The Kier molecular flexibility index (Phi) is 12.0. The molecule has 1 aliphatic rings. The van der Waals surface area contributed by atoms with E-state index in [0.717, 1.165) is 12.6 Å². The van der Waals surface area contributed by atoms with Crippen molar-refractivity contribution in [2.75, 3.05) is 39.5 Å². The van der Waals surface area contributed by atoms with Crippen molar-refractivity contribution in [3.05, 3.63) is 111 Å². The molecule has 3 aromatic rings. The molecule has 0 bridgehead atoms. The van der Waals surface area contributed by atoms with E-state index in [-0.39, 0.29) is 23.7 Å². The molecule has 1 heterocycles. The molecule has 0 saturated carbocycles. The SMILES string of the molecule is N/C=N/C=C1/CN=C(c2c(F)cccc2F)c2cc(Cl)ccc2/C1=N/c1ccc(C(=O)NCCOCCOCCC=O)cc1. The van der Waals surface area contributed by atoms with Crippen molar-refractivity contribution in [3.63, 3.8) is 0 Å². The van der Waals surface area contributed by atoms with E-state index >= 15 is 0 Å². The Morgan fingerprint density at radius 3 is 2.43 bits per heavy atom. The lowest BCUT2D eigenvalue weighted by Gasteiger charge is -2.13. The van der Waals surface area contributed by atoms with Gasteiger partial charge in [-0.3, -0.25) is 9.79 Å². The van der Waals surface area contributed by atoms with Gasteiger partial charge in [-0.05, 0) is 48.5 Å². The number of fused-ring (bicyclic) bond motifs is 1. The highest BCUT2D eigenvalue weighted by Crippen LogP contribution is 2.30. The fourth-order valence-corrected chi connectivity index (χ4v) is 4.50. The van der Waals surface area contributed by atoms with Crippen molar-refractivity contribution in [3.8, 4) is 0 Å². The molecule has 0 radical (unpaired) electrons. The molecule has 4 rings (SSSR count). The van der Waals surface area contributed by atoms with Gasteiger partial charge in [-0.25, -0.2) is 18.8 Å². The summed E-state index contributed by atoms with van der Waals surface area (Å²) in [6.07, 6.45) is 3.74. The van der Waals surface area contributed by atoms with Crippen LogP contribution < -0.4 is 11.1 Å². The van der Waals surface area contributed by atoms with Gasteiger partial charge in [0.2, 0.25) is 0 Å². The molecule has 0 spiro atoms. The third-order valence-electron chi connectivity index (χ3n) is 6.37. The Morgan fingerprint density at radius 2 is 1.73 bits per heavy atom. The van der Waals surface area contributed by atoms with Crippen molar-refractivity contribution in [2.24, 2.45) is 20.7 Å². The van der Waals surface area contributed by atoms with Gasteiger partial charge in [-0.15, -0.1) is 0 Å². The second-order valence-electron chi connectivity index (χ2n) is 9.35. The number of ether oxygens (including phenoxy) is 2. The van der Waals surface area contributed by atoms with Crippen molar-refractivity contribution in [2.45, 2.75) is 6.42 Å². The topological polar surface area (TPSA) is 128 Å². The maximum atomic E-state index is 14.9. The molecule has 12 heteroatoms. The summed E-state index contributed by atoms with van der Waals surface area (Å²) in [5, 5.41) is 3.14. The van der Waals surface area contributed by atoms with E-state index in [4.69, 9.17) is 31.8 Å². The van der Waals surface area contributed by atoms with E-state index in [9.17, 15) is 18.4 Å². The molecule has 0 unspecified atom stereocenters. The number of halogens is 3. The summed E-state index contributed by atoms with van der Waals surface area (Å²) in [5.41, 5.74) is 8.15. The second-order valence-corrected chi connectivity index (χ2v) is 9.78. The molecule has 0 fully saturated rings. The fraction of sp³-hybridized carbons (Fsp3) is 0.219. The fourth-order valence-electron chi connectivity index (χ4n) is 4.33. The highest BCUT2D eigenvalue weighted by atomic mass is 35.5. The van der Waals surface area contributed by atoms with Crippen LogP contribution in [-0.4, -0.2) is 69.5 Å². The first-order chi connectivity index (χ1) is 21.4. The number of benzene rings is 3. The number of hydrogen-bond donors (Lipinski definition) is 2. The molecule has 0 saturated heterocycles. The Hall–Kier alpha value is -4.58. The molecule has 1 aliphatic heterocycles. The Morgan fingerprint density at radius 1 is 1.00 bits per heavy atom. The van der Waals surface area contributed by atoms with Gasteiger partial charge < -0.3 is 25.3 Å².